The summed E-state index contributed by atoms with van der Waals surface area (Å²) in [5, 5.41) is 8.69. The fourth-order valence-electron chi connectivity index (χ4n) is 2.05. The standard InChI is InChI=1S/C18H18O3/c1-13-14(2)17(10-8-16(13)9-11-18(19)20)21-12-15-6-4-3-5-7-15/h3-11H,12H2,1-2H3,(H,19,20)/b11-9+. The van der Waals surface area contributed by atoms with E-state index in [0.29, 0.717) is 6.61 Å². The highest BCUT2D eigenvalue weighted by Crippen LogP contribution is 2.25. The van der Waals surface area contributed by atoms with Crippen molar-refractivity contribution in [2.75, 3.05) is 0 Å². The first kappa shape index (κ1) is 14.9. The predicted octanol–water partition coefficient (Wildman–Crippen LogP) is 3.98. The Labute approximate surface area is 124 Å². The third-order valence-corrected chi connectivity index (χ3v) is 3.42. The molecule has 0 atom stereocenters. The Morgan fingerprint density at radius 3 is 2.48 bits per heavy atom. The van der Waals surface area contributed by atoms with E-state index in [1.54, 1.807) is 6.08 Å². The van der Waals surface area contributed by atoms with Gasteiger partial charge in [-0.3, -0.25) is 0 Å². The van der Waals surface area contributed by atoms with Crippen LogP contribution in [0.1, 0.15) is 22.3 Å². The molecule has 0 bridgehead atoms. The summed E-state index contributed by atoms with van der Waals surface area (Å²) in [4.78, 5) is 10.6. The lowest BCUT2D eigenvalue weighted by Crippen LogP contribution is -1.99. The molecule has 0 aromatic heterocycles. The number of rotatable bonds is 5. The van der Waals surface area contributed by atoms with Crippen LogP contribution in [0.2, 0.25) is 0 Å². The van der Waals surface area contributed by atoms with E-state index in [-0.39, 0.29) is 0 Å². The van der Waals surface area contributed by atoms with Gasteiger partial charge >= 0.3 is 5.97 Å². The van der Waals surface area contributed by atoms with Crippen molar-refractivity contribution in [2.24, 2.45) is 0 Å². The van der Waals surface area contributed by atoms with Crippen molar-refractivity contribution in [2.45, 2.75) is 20.5 Å². The van der Waals surface area contributed by atoms with Gasteiger partial charge in [-0.15, -0.1) is 0 Å². The van der Waals surface area contributed by atoms with Crippen LogP contribution in [0.15, 0.2) is 48.5 Å². The molecule has 2 rings (SSSR count). The maximum absolute atomic E-state index is 10.6. The van der Waals surface area contributed by atoms with E-state index < -0.39 is 5.97 Å². The van der Waals surface area contributed by atoms with Gasteiger partial charge in [0.25, 0.3) is 0 Å². The first-order valence-corrected chi connectivity index (χ1v) is 6.76. The van der Waals surface area contributed by atoms with Crippen LogP contribution in [0, 0.1) is 13.8 Å². The van der Waals surface area contributed by atoms with E-state index in [2.05, 4.69) is 0 Å². The number of ether oxygens (including phenoxy) is 1. The molecule has 0 unspecified atom stereocenters. The van der Waals surface area contributed by atoms with Gasteiger partial charge in [0.2, 0.25) is 0 Å². The molecule has 1 N–H and O–H groups in total. The van der Waals surface area contributed by atoms with E-state index in [1.807, 2.05) is 56.3 Å². The van der Waals surface area contributed by atoms with Crippen LogP contribution >= 0.6 is 0 Å². The van der Waals surface area contributed by atoms with E-state index in [9.17, 15) is 4.79 Å². The summed E-state index contributed by atoms with van der Waals surface area (Å²) in [5.41, 5.74) is 4.06. The number of carboxylic acid groups (broad SMARTS) is 1. The van der Waals surface area contributed by atoms with Crippen molar-refractivity contribution < 1.29 is 14.6 Å². The second-order valence-electron chi connectivity index (χ2n) is 4.85. The molecular weight excluding hydrogens is 264 g/mol. The number of hydrogen-bond donors (Lipinski definition) is 1. The predicted molar refractivity (Wildman–Crippen MR) is 83.4 cm³/mol. The Kier molecular flexibility index (Phi) is 4.77. The Morgan fingerprint density at radius 2 is 1.81 bits per heavy atom. The number of carboxylic acids is 1. The molecule has 0 heterocycles. The number of aliphatic carboxylic acids is 1. The summed E-state index contributed by atoms with van der Waals surface area (Å²) in [5.74, 6) is -0.125. The fraction of sp³-hybridized carbons (Fsp3) is 0.167. The smallest absolute Gasteiger partial charge is 0.328 e. The zero-order valence-electron chi connectivity index (χ0n) is 12.2. The fourth-order valence-corrected chi connectivity index (χ4v) is 2.05. The number of hydrogen-bond acceptors (Lipinski definition) is 2. The van der Waals surface area contributed by atoms with Crippen molar-refractivity contribution in [1.29, 1.82) is 0 Å². The summed E-state index contributed by atoms with van der Waals surface area (Å²) in [6.07, 6.45) is 2.75. The molecule has 0 aliphatic heterocycles. The van der Waals surface area contributed by atoms with Crippen LogP contribution < -0.4 is 4.74 Å². The maximum Gasteiger partial charge on any atom is 0.328 e. The van der Waals surface area contributed by atoms with Crippen LogP contribution in [-0.2, 0) is 11.4 Å². The molecule has 3 nitrogen and oxygen atoms in total. The summed E-state index contributed by atoms with van der Waals surface area (Å²) in [6.45, 7) is 4.46. The molecule has 0 saturated carbocycles. The van der Waals surface area contributed by atoms with Crippen molar-refractivity contribution in [3.63, 3.8) is 0 Å². The molecule has 0 radical (unpaired) electrons. The first-order chi connectivity index (χ1) is 10.1. The van der Waals surface area contributed by atoms with Crippen molar-refractivity contribution in [1.82, 2.24) is 0 Å². The molecule has 21 heavy (non-hydrogen) atoms. The van der Waals surface area contributed by atoms with E-state index in [0.717, 1.165) is 34.1 Å². The lowest BCUT2D eigenvalue weighted by Gasteiger charge is -2.13. The Balaban J connectivity index is 2.15. The van der Waals surface area contributed by atoms with Crippen LogP contribution in [-0.4, -0.2) is 11.1 Å². The van der Waals surface area contributed by atoms with Crippen LogP contribution in [0.3, 0.4) is 0 Å². The van der Waals surface area contributed by atoms with Gasteiger partial charge in [0.15, 0.2) is 0 Å². The van der Waals surface area contributed by atoms with Gasteiger partial charge in [-0.2, -0.15) is 0 Å². The Morgan fingerprint density at radius 1 is 1.10 bits per heavy atom. The summed E-state index contributed by atoms with van der Waals surface area (Å²) in [7, 11) is 0. The van der Waals surface area contributed by atoms with Crippen molar-refractivity contribution in [3.8, 4) is 5.75 Å². The van der Waals surface area contributed by atoms with Gasteiger partial charge in [-0.05, 0) is 48.2 Å². The zero-order chi connectivity index (χ0) is 15.2. The van der Waals surface area contributed by atoms with Crippen LogP contribution in [0.25, 0.3) is 6.08 Å². The lowest BCUT2D eigenvalue weighted by molar-refractivity contribution is -0.131. The molecule has 108 valence electrons. The number of benzene rings is 2. The monoisotopic (exact) mass is 282 g/mol. The first-order valence-electron chi connectivity index (χ1n) is 6.76. The second kappa shape index (κ2) is 6.75. The minimum atomic E-state index is -0.948. The Bertz CT molecular complexity index is 658. The molecular formula is C18H18O3. The molecule has 0 fully saturated rings. The zero-order valence-corrected chi connectivity index (χ0v) is 12.2. The van der Waals surface area contributed by atoms with E-state index in [4.69, 9.17) is 9.84 Å². The van der Waals surface area contributed by atoms with Gasteiger partial charge < -0.3 is 9.84 Å². The van der Waals surface area contributed by atoms with Gasteiger partial charge in [-0.1, -0.05) is 36.4 Å². The third kappa shape index (κ3) is 3.96. The molecule has 0 aliphatic rings. The maximum atomic E-state index is 10.6. The van der Waals surface area contributed by atoms with Gasteiger partial charge in [0, 0.05) is 6.08 Å². The third-order valence-electron chi connectivity index (χ3n) is 3.42. The molecule has 0 amide bonds. The van der Waals surface area contributed by atoms with Gasteiger partial charge in [0.05, 0.1) is 0 Å². The normalized spacial score (nSPS) is 10.8. The molecule has 0 aliphatic carbocycles. The SMILES string of the molecule is Cc1c(/C=C/C(=O)O)ccc(OCc2ccccc2)c1C. The highest BCUT2D eigenvalue weighted by molar-refractivity contribution is 5.85. The number of carbonyl (C=O) groups is 1. The largest absolute Gasteiger partial charge is 0.489 e. The molecule has 0 saturated heterocycles. The second-order valence-corrected chi connectivity index (χ2v) is 4.85. The topological polar surface area (TPSA) is 46.5 Å². The average molecular weight is 282 g/mol. The van der Waals surface area contributed by atoms with E-state index >= 15 is 0 Å². The molecule has 0 spiro atoms. The van der Waals surface area contributed by atoms with E-state index in [1.165, 1.54) is 0 Å². The Hall–Kier alpha value is -2.55. The average Bonchev–Trinajstić information content (AvgIpc) is 2.48. The van der Waals surface area contributed by atoms with Crippen molar-refractivity contribution in [3.05, 3.63) is 70.8 Å². The molecule has 3 heteroatoms. The molecule has 2 aromatic rings. The molecule has 2 aromatic carbocycles. The quantitative estimate of drug-likeness (QED) is 0.844. The van der Waals surface area contributed by atoms with Crippen LogP contribution in [0.5, 0.6) is 5.75 Å². The van der Waals surface area contributed by atoms with Crippen LogP contribution in [0.4, 0.5) is 0 Å². The van der Waals surface area contributed by atoms with Gasteiger partial charge in [-0.25, -0.2) is 4.79 Å². The highest BCUT2D eigenvalue weighted by Gasteiger charge is 2.06. The lowest BCUT2D eigenvalue weighted by atomic mass is 10.0. The summed E-state index contributed by atoms with van der Waals surface area (Å²) < 4.78 is 5.84. The minimum absolute atomic E-state index is 0.519. The van der Waals surface area contributed by atoms with Crippen molar-refractivity contribution >= 4 is 12.0 Å². The summed E-state index contributed by atoms with van der Waals surface area (Å²) >= 11 is 0. The minimum Gasteiger partial charge on any atom is -0.489 e. The summed E-state index contributed by atoms with van der Waals surface area (Å²) in [6, 6.07) is 13.7. The highest BCUT2D eigenvalue weighted by atomic mass is 16.5. The van der Waals surface area contributed by atoms with Gasteiger partial charge in [0.1, 0.15) is 12.4 Å².